The van der Waals surface area contributed by atoms with Crippen LogP contribution in [0.5, 0.6) is 0 Å². The number of nitrogens with zero attached hydrogens (tertiary/aromatic N) is 5. The molecule has 9 nitrogen and oxygen atoms in total. The third-order valence-electron chi connectivity index (χ3n) is 5.13. The first-order chi connectivity index (χ1) is 14.1. The van der Waals surface area contributed by atoms with Crippen LogP contribution in [0, 0.1) is 5.82 Å². The Kier molecular flexibility index (Phi) is 5.43. The van der Waals surface area contributed by atoms with Gasteiger partial charge in [-0.2, -0.15) is 0 Å². The summed E-state index contributed by atoms with van der Waals surface area (Å²) in [6.07, 6.45) is -0.637. The molecule has 0 N–H and O–H groups in total. The molecule has 1 aromatic heterocycles. The lowest BCUT2D eigenvalue weighted by molar-refractivity contribution is -0.00207. The molecule has 29 heavy (non-hydrogen) atoms. The molecule has 10 heteroatoms. The van der Waals surface area contributed by atoms with Crippen LogP contribution in [0.15, 0.2) is 24.3 Å². The van der Waals surface area contributed by atoms with Crippen LogP contribution in [0.2, 0.25) is 0 Å². The lowest BCUT2D eigenvalue weighted by Crippen LogP contribution is -2.51. The van der Waals surface area contributed by atoms with Gasteiger partial charge in [0.15, 0.2) is 5.69 Å². The summed E-state index contributed by atoms with van der Waals surface area (Å²) in [4.78, 5) is 27.9. The Hall–Kier alpha value is -3.01. The zero-order valence-corrected chi connectivity index (χ0v) is 16.1. The van der Waals surface area contributed by atoms with E-state index in [1.165, 1.54) is 12.1 Å². The highest BCUT2D eigenvalue weighted by Crippen LogP contribution is 2.27. The van der Waals surface area contributed by atoms with Crippen molar-refractivity contribution in [2.45, 2.75) is 26.2 Å². The third kappa shape index (κ3) is 3.93. The van der Waals surface area contributed by atoms with Crippen molar-refractivity contribution in [2.24, 2.45) is 0 Å². The second kappa shape index (κ2) is 8.16. The Labute approximate surface area is 167 Å². The smallest absolute Gasteiger partial charge is 0.409 e. The average molecular weight is 403 g/mol. The number of benzene rings is 1. The third-order valence-corrected chi connectivity index (χ3v) is 5.13. The molecule has 2 aliphatic heterocycles. The van der Waals surface area contributed by atoms with Crippen molar-refractivity contribution in [3.63, 3.8) is 0 Å². The average Bonchev–Trinajstić information content (AvgIpc) is 3.17. The summed E-state index contributed by atoms with van der Waals surface area (Å²) >= 11 is 0. The second-order valence-corrected chi connectivity index (χ2v) is 6.90. The Morgan fingerprint density at radius 2 is 1.86 bits per heavy atom. The van der Waals surface area contributed by atoms with Gasteiger partial charge in [-0.1, -0.05) is 17.3 Å². The van der Waals surface area contributed by atoms with E-state index in [2.05, 4.69) is 10.3 Å². The highest BCUT2D eigenvalue weighted by atomic mass is 19.1. The molecule has 154 valence electrons. The number of aromatic nitrogens is 3. The zero-order valence-electron chi connectivity index (χ0n) is 16.1. The molecule has 1 atom stereocenters. The molecule has 2 aromatic rings. The summed E-state index contributed by atoms with van der Waals surface area (Å²) in [5.74, 6) is -0.527. The summed E-state index contributed by atoms with van der Waals surface area (Å²) in [6.45, 7) is 4.32. The zero-order chi connectivity index (χ0) is 20.4. The number of piperazine rings is 1. The van der Waals surface area contributed by atoms with Crippen LogP contribution in [0.3, 0.4) is 0 Å². The molecular formula is C19H22FN5O4. The second-order valence-electron chi connectivity index (χ2n) is 6.90. The quantitative estimate of drug-likeness (QED) is 0.773. The minimum Gasteiger partial charge on any atom is -0.450 e. The van der Waals surface area contributed by atoms with Crippen molar-refractivity contribution >= 4 is 12.0 Å². The van der Waals surface area contributed by atoms with E-state index in [9.17, 15) is 14.0 Å². The van der Waals surface area contributed by atoms with Gasteiger partial charge in [0.25, 0.3) is 5.91 Å². The first-order valence-corrected chi connectivity index (χ1v) is 9.57. The summed E-state index contributed by atoms with van der Waals surface area (Å²) in [6, 6.07) is 6.13. The maximum Gasteiger partial charge on any atom is 0.409 e. The fraction of sp³-hybridized carbons (Fsp3) is 0.474. The monoisotopic (exact) mass is 403 g/mol. The molecule has 1 unspecified atom stereocenters. The van der Waals surface area contributed by atoms with E-state index in [1.54, 1.807) is 33.5 Å². The summed E-state index contributed by atoms with van der Waals surface area (Å²) < 4.78 is 25.7. The van der Waals surface area contributed by atoms with Crippen LogP contribution in [0.25, 0.3) is 0 Å². The number of hydrogen-bond acceptors (Lipinski definition) is 6. The topological polar surface area (TPSA) is 89.8 Å². The Bertz CT molecular complexity index is 893. The highest BCUT2D eigenvalue weighted by molar-refractivity contribution is 5.93. The van der Waals surface area contributed by atoms with Gasteiger partial charge < -0.3 is 19.3 Å². The summed E-state index contributed by atoms with van der Waals surface area (Å²) in [7, 11) is 0. The van der Waals surface area contributed by atoms with E-state index in [0.29, 0.717) is 45.0 Å². The maximum absolute atomic E-state index is 13.1. The van der Waals surface area contributed by atoms with E-state index in [4.69, 9.17) is 9.47 Å². The molecule has 0 saturated carbocycles. The number of hydrogen-bond donors (Lipinski definition) is 0. The molecule has 0 radical (unpaired) electrons. The number of fused-ring (bicyclic) bond motifs is 1. The predicted octanol–water partition coefficient (Wildman–Crippen LogP) is 1.60. The van der Waals surface area contributed by atoms with Crippen molar-refractivity contribution in [3.05, 3.63) is 47.0 Å². The summed E-state index contributed by atoms with van der Waals surface area (Å²) in [5, 5.41) is 8.19. The molecule has 0 bridgehead atoms. The van der Waals surface area contributed by atoms with Gasteiger partial charge in [0.1, 0.15) is 11.9 Å². The molecule has 4 rings (SSSR count). The standard InChI is InChI=1S/C19H22FN5O4/c1-2-28-19(27)24-9-7-23(8-10-24)18(26)17-15-12-29-16(11-25(15)22-21-17)13-3-5-14(20)6-4-13/h3-6,16H,2,7-12H2,1H3. The van der Waals surface area contributed by atoms with Gasteiger partial charge in [0.05, 0.1) is 25.5 Å². The van der Waals surface area contributed by atoms with Crippen molar-refractivity contribution in [2.75, 3.05) is 32.8 Å². The number of rotatable bonds is 3. The van der Waals surface area contributed by atoms with Crippen LogP contribution in [-0.2, 0) is 22.6 Å². The minimum absolute atomic E-state index is 0.193. The number of carbonyl (C=O) groups is 2. The maximum atomic E-state index is 13.1. The lowest BCUT2D eigenvalue weighted by atomic mass is 10.1. The van der Waals surface area contributed by atoms with Gasteiger partial charge in [0.2, 0.25) is 0 Å². The Balaban J connectivity index is 1.41. The molecule has 1 saturated heterocycles. The fourth-order valence-electron chi connectivity index (χ4n) is 3.51. The van der Waals surface area contributed by atoms with Crippen LogP contribution < -0.4 is 0 Å². The van der Waals surface area contributed by atoms with Crippen molar-refractivity contribution in [3.8, 4) is 0 Å². The molecule has 1 aromatic carbocycles. The normalized spacial score (nSPS) is 19.0. The lowest BCUT2D eigenvalue weighted by Gasteiger charge is -2.33. The fourth-order valence-corrected chi connectivity index (χ4v) is 3.51. The van der Waals surface area contributed by atoms with Gasteiger partial charge in [-0.05, 0) is 24.6 Å². The van der Waals surface area contributed by atoms with E-state index in [0.717, 1.165) is 5.56 Å². The minimum atomic E-state index is -0.360. The number of amides is 2. The molecular weight excluding hydrogens is 381 g/mol. The predicted molar refractivity (Wildman–Crippen MR) is 98.5 cm³/mol. The van der Waals surface area contributed by atoms with E-state index in [1.807, 2.05) is 0 Å². The van der Waals surface area contributed by atoms with Crippen molar-refractivity contribution in [1.29, 1.82) is 0 Å². The van der Waals surface area contributed by atoms with E-state index >= 15 is 0 Å². The van der Waals surface area contributed by atoms with Gasteiger partial charge in [-0.15, -0.1) is 5.10 Å². The van der Waals surface area contributed by atoms with Crippen LogP contribution in [0.1, 0.15) is 34.8 Å². The van der Waals surface area contributed by atoms with E-state index < -0.39 is 0 Å². The molecule has 3 heterocycles. The SMILES string of the molecule is CCOC(=O)N1CCN(C(=O)c2nnn3c2COC(c2ccc(F)cc2)C3)CC1. The van der Waals surface area contributed by atoms with Crippen LogP contribution >= 0.6 is 0 Å². The largest absolute Gasteiger partial charge is 0.450 e. The number of carbonyl (C=O) groups excluding carboxylic acids is 2. The molecule has 1 fully saturated rings. The molecule has 2 amide bonds. The van der Waals surface area contributed by atoms with E-state index in [-0.39, 0.29) is 36.2 Å². The van der Waals surface area contributed by atoms with Gasteiger partial charge in [0, 0.05) is 26.2 Å². The van der Waals surface area contributed by atoms with Crippen molar-refractivity contribution in [1.82, 2.24) is 24.8 Å². The van der Waals surface area contributed by atoms with Gasteiger partial charge in [-0.3, -0.25) is 4.79 Å². The van der Waals surface area contributed by atoms with Crippen LogP contribution in [0.4, 0.5) is 9.18 Å². The Morgan fingerprint density at radius 1 is 1.17 bits per heavy atom. The molecule has 0 aliphatic carbocycles. The number of halogens is 1. The van der Waals surface area contributed by atoms with Gasteiger partial charge in [-0.25, -0.2) is 13.9 Å². The highest BCUT2D eigenvalue weighted by Gasteiger charge is 2.32. The Morgan fingerprint density at radius 3 is 2.55 bits per heavy atom. The first-order valence-electron chi connectivity index (χ1n) is 9.57. The summed E-state index contributed by atoms with van der Waals surface area (Å²) in [5.41, 5.74) is 1.74. The first kappa shape index (κ1) is 19.3. The molecule has 0 spiro atoms. The molecule has 2 aliphatic rings. The van der Waals surface area contributed by atoms with Crippen LogP contribution in [-0.4, -0.2) is 69.6 Å². The van der Waals surface area contributed by atoms with Crippen molar-refractivity contribution < 1.29 is 23.5 Å². The van der Waals surface area contributed by atoms with Gasteiger partial charge >= 0.3 is 6.09 Å². The number of ether oxygens (including phenoxy) is 2.